The maximum absolute atomic E-state index is 13.6. The lowest BCUT2D eigenvalue weighted by Crippen LogP contribution is -2.39. The van der Waals surface area contributed by atoms with Gasteiger partial charge in [0.25, 0.3) is 0 Å². The number of anilines is 1. The first kappa shape index (κ1) is 18.4. The van der Waals surface area contributed by atoms with Gasteiger partial charge in [0, 0.05) is 24.7 Å². The normalized spacial score (nSPS) is 27.8. The van der Waals surface area contributed by atoms with Crippen molar-refractivity contribution in [1.29, 1.82) is 0 Å². The van der Waals surface area contributed by atoms with Gasteiger partial charge < -0.3 is 10.2 Å². The Hall–Kier alpha value is -1.92. The largest absolute Gasteiger partial charge is 0.370 e. The summed E-state index contributed by atoms with van der Waals surface area (Å²) in [5.74, 6) is 0.586. The summed E-state index contributed by atoms with van der Waals surface area (Å²) in [7, 11) is -1.66. The number of likely N-dealkylation sites (N-methyl/N-ethyl adjacent to an activating group) is 1. The summed E-state index contributed by atoms with van der Waals surface area (Å²) in [4.78, 5) is 2.53. The first-order chi connectivity index (χ1) is 12.8. The highest BCUT2D eigenvalue weighted by Crippen LogP contribution is 2.48. The molecule has 1 saturated heterocycles. The maximum Gasteiger partial charge on any atom is 0.206 e. The first-order valence-corrected chi connectivity index (χ1v) is 10.9. The third-order valence-corrected chi connectivity index (χ3v) is 7.85. The van der Waals surface area contributed by atoms with E-state index in [1.807, 2.05) is 12.1 Å². The molecule has 1 N–H and O–H groups in total. The van der Waals surface area contributed by atoms with Gasteiger partial charge in [-0.2, -0.15) is 0 Å². The second-order valence-corrected chi connectivity index (χ2v) is 9.87. The SMILES string of the molecule is CC1CNCC(C)[C@H]2[C@H]1c1cc(S(=O)(=O)c3cccc(F)c3)ccc1N2C. The molecule has 4 atom stereocenters. The summed E-state index contributed by atoms with van der Waals surface area (Å²) in [6.45, 7) is 6.34. The molecule has 2 unspecified atom stereocenters. The summed E-state index contributed by atoms with van der Waals surface area (Å²) in [6, 6.07) is 10.9. The topological polar surface area (TPSA) is 49.4 Å². The summed E-state index contributed by atoms with van der Waals surface area (Å²) in [5, 5.41) is 3.52. The van der Waals surface area contributed by atoms with Crippen LogP contribution in [0.15, 0.2) is 52.3 Å². The minimum Gasteiger partial charge on any atom is -0.370 e. The number of sulfone groups is 1. The molecule has 0 spiro atoms. The quantitative estimate of drug-likeness (QED) is 0.856. The zero-order chi connectivity index (χ0) is 19.3. The van der Waals surface area contributed by atoms with Crippen LogP contribution in [0.2, 0.25) is 0 Å². The predicted molar refractivity (Wildman–Crippen MR) is 104 cm³/mol. The molecule has 0 aliphatic carbocycles. The van der Waals surface area contributed by atoms with Crippen molar-refractivity contribution in [2.45, 2.75) is 35.6 Å². The first-order valence-electron chi connectivity index (χ1n) is 9.39. The Bertz CT molecular complexity index is 976. The van der Waals surface area contributed by atoms with Gasteiger partial charge in [-0.05, 0) is 66.9 Å². The molecule has 2 aliphatic rings. The highest BCUT2D eigenvalue weighted by atomic mass is 32.2. The number of benzene rings is 2. The van der Waals surface area contributed by atoms with Crippen molar-refractivity contribution in [2.75, 3.05) is 25.0 Å². The van der Waals surface area contributed by atoms with E-state index in [0.717, 1.165) is 30.4 Å². The van der Waals surface area contributed by atoms with Gasteiger partial charge in [-0.15, -0.1) is 0 Å². The molecule has 0 saturated carbocycles. The molecule has 2 aromatic carbocycles. The van der Waals surface area contributed by atoms with Crippen molar-refractivity contribution in [3.63, 3.8) is 0 Å². The molecule has 2 aromatic rings. The molecule has 0 bridgehead atoms. The van der Waals surface area contributed by atoms with E-state index in [1.54, 1.807) is 6.07 Å². The van der Waals surface area contributed by atoms with Crippen molar-refractivity contribution in [3.05, 3.63) is 53.8 Å². The summed E-state index contributed by atoms with van der Waals surface area (Å²) in [6.07, 6.45) is 0. The van der Waals surface area contributed by atoms with Crippen LogP contribution in [0.25, 0.3) is 0 Å². The van der Waals surface area contributed by atoms with Crippen LogP contribution in [0.1, 0.15) is 25.3 Å². The molecular formula is C21H25FN2O2S. The van der Waals surface area contributed by atoms with Crippen LogP contribution in [0.4, 0.5) is 10.1 Å². The van der Waals surface area contributed by atoms with Gasteiger partial charge in [0.15, 0.2) is 0 Å². The molecule has 2 aliphatic heterocycles. The molecule has 27 heavy (non-hydrogen) atoms. The predicted octanol–water partition coefficient (Wildman–Crippen LogP) is 3.44. The fraction of sp³-hybridized carbons (Fsp3) is 0.429. The molecule has 0 amide bonds. The molecule has 4 rings (SSSR count). The van der Waals surface area contributed by atoms with Gasteiger partial charge in [-0.1, -0.05) is 19.9 Å². The number of nitrogens with zero attached hydrogens (tertiary/aromatic N) is 1. The second-order valence-electron chi connectivity index (χ2n) is 7.92. The third-order valence-electron chi connectivity index (χ3n) is 6.10. The number of nitrogens with one attached hydrogen (secondary N) is 1. The highest BCUT2D eigenvalue weighted by Gasteiger charge is 2.44. The van der Waals surface area contributed by atoms with E-state index < -0.39 is 15.7 Å². The Morgan fingerprint density at radius 2 is 1.74 bits per heavy atom. The Kier molecular flexibility index (Phi) is 4.51. The van der Waals surface area contributed by atoms with E-state index in [9.17, 15) is 12.8 Å². The molecule has 2 heterocycles. The van der Waals surface area contributed by atoms with E-state index in [0.29, 0.717) is 17.9 Å². The zero-order valence-corrected chi connectivity index (χ0v) is 16.6. The van der Waals surface area contributed by atoms with Gasteiger partial charge in [-0.3, -0.25) is 0 Å². The third kappa shape index (κ3) is 2.95. The summed E-state index contributed by atoms with van der Waals surface area (Å²) >= 11 is 0. The van der Waals surface area contributed by atoms with E-state index >= 15 is 0 Å². The van der Waals surface area contributed by atoms with E-state index in [4.69, 9.17) is 0 Å². The van der Waals surface area contributed by atoms with Crippen LogP contribution in [0, 0.1) is 17.7 Å². The van der Waals surface area contributed by atoms with Gasteiger partial charge in [-0.25, -0.2) is 12.8 Å². The molecule has 6 heteroatoms. The van der Waals surface area contributed by atoms with Crippen LogP contribution in [0.3, 0.4) is 0 Å². The van der Waals surface area contributed by atoms with Crippen molar-refractivity contribution in [3.8, 4) is 0 Å². The molecule has 4 nitrogen and oxygen atoms in total. The minimum atomic E-state index is -3.75. The summed E-state index contributed by atoms with van der Waals surface area (Å²) in [5.41, 5.74) is 2.19. The zero-order valence-electron chi connectivity index (χ0n) is 15.8. The number of fused-ring (bicyclic) bond motifs is 3. The van der Waals surface area contributed by atoms with Crippen LogP contribution in [-0.2, 0) is 9.84 Å². The monoisotopic (exact) mass is 388 g/mol. The molecule has 0 radical (unpaired) electrons. The number of halogens is 1. The van der Waals surface area contributed by atoms with Crippen LogP contribution >= 0.6 is 0 Å². The van der Waals surface area contributed by atoms with E-state index in [-0.39, 0.29) is 15.7 Å². The number of rotatable bonds is 2. The fourth-order valence-electron chi connectivity index (χ4n) is 4.81. The Balaban J connectivity index is 1.82. The summed E-state index contributed by atoms with van der Waals surface area (Å²) < 4.78 is 39.7. The van der Waals surface area contributed by atoms with Crippen molar-refractivity contribution in [1.82, 2.24) is 5.32 Å². The van der Waals surface area contributed by atoms with Crippen molar-refractivity contribution in [2.24, 2.45) is 11.8 Å². The maximum atomic E-state index is 13.6. The van der Waals surface area contributed by atoms with Gasteiger partial charge in [0.2, 0.25) is 9.84 Å². The Labute approximate surface area is 160 Å². The smallest absolute Gasteiger partial charge is 0.206 e. The lowest BCUT2D eigenvalue weighted by Gasteiger charge is -2.32. The van der Waals surface area contributed by atoms with E-state index in [1.165, 1.54) is 18.2 Å². The van der Waals surface area contributed by atoms with Gasteiger partial charge in [0.1, 0.15) is 5.82 Å². The van der Waals surface area contributed by atoms with Gasteiger partial charge >= 0.3 is 0 Å². The lowest BCUT2D eigenvalue weighted by molar-refractivity contribution is 0.374. The second kappa shape index (κ2) is 6.60. The van der Waals surface area contributed by atoms with Crippen molar-refractivity contribution >= 4 is 15.5 Å². The molecule has 144 valence electrons. The highest BCUT2D eigenvalue weighted by molar-refractivity contribution is 7.91. The average molecular weight is 389 g/mol. The Morgan fingerprint density at radius 1 is 1.04 bits per heavy atom. The lowest BCUT2D eigenvalue weighted by atomic mass is 9.80. The van der Waals surface area contributed by atoms with Gasteiger partial charge in [0.05, 0.1) is 9.79 Å². The van der Waals surface area contributed by atoms with Crippen LogP contribution < -0.4 is 10.2 Å². The number of hydrogen-bond acceptors (Lipinski definition) is 4. The average Bonchev–Trinajstić information content (AvgIpc) is 2.84. The van der Waals surface area contributed by atoms with Crippen LogP contribution in [0.5, 0.6) is 0 Å². The van der Waals surface area contributed by atoms with Crippen molar-refractivity contribution < 1.29 is 12.8 Å². The number of hydrogen-bond donors (Lipinski definition) is 1. The van der Waals surface area contributed by atoms with E-state index in [2.05, 4.69) is 31.1 Å². The van der Waals surface area contributed by atoms with Crippen LogP contribution in [-0.4, -0.2) is 34.6 Å². The Morgan fingerprint density at radius 3 is 2.48 bits per heavy atom. The standard InChI is InChI=1S/C21H25FN2O2S/c1-13-11-23-12-14(2)21-20(13)18-10-17(7-8-19(18)24(21)3)27(25,26)16-6-4-5-15(22)9-16/h4-10,13-14,20-21,23H,11-12H2,1-3H3/t13?,14?,20-,21+/m1/s1. The molecule has 0 aromatic heterocycles. The molecular weight excluding hydrogens is 363 g/mol. The minimum absolute atomic E-state index is 0.00528. The molecule has 1 fully saturated rings. The fourth-order valence-corrected chi connectivity index (χ4v) is 6.14.